The van der Waals surface area contributed by atoms with Crippen molar-refractivity contribution in [1.29, 1.82) is 0 Å². The van der Waals surface area contributed by atoms with Gasteiger partial charge in [0, 0.05) is 25.0 Å². The Hall–Kier alpha value is -0.410. The topological polar surface area (TPSA) is 49.3 Å². The summed E-state index contributed by atoms with van der Waals surface area (Å²) in [5.74, 6) is 0.613. The van der Waals surface area contributed by atoms with Crippen molar-refractivity contribution in [3.63, 3.8) is 0 Å². The van der Waals surface area contributed by atoms with Crippen molar-refractivity contribution < 1.29 is 9.90 Å². The molecule has 1 aliphatic heterocycles. The van der Waals surface area contributed by atoms with Crippen LogP contribution in [0.2, 0.25) is 0 Å². The first-order valence-electron chi connectivity index (χ1n) is 5.12. The smallest absolute Gasteiger partial charge is 0.140 e. The van der Waals surface area contributed by atoms with Crippen LogP contribution in [0.4, 0.5) is 0 Å². The van der Waals surface area contributed by atoms with Crippen molar-refractivity contribution in [2.24, 2.45) is 11.3 Å². The summed E-state index contributed by atoms with van der Waals surface area (Å²) < 4.78 is 0. The largest absolute Gasteiger partial charge is 0.396 e. The van der Waals surface area contributed by atoms with Gasteiger partial charge < -0.3 is 10.4 Å². The zero-order valence-corrected chi connectivity index (χ0v) is 7.88. The molecule has 74 valence electrons. The molecule has 0 bridgehead atoms. The molecule has 1 saturated carbocycles. The highest BCUT2D eigenvalue weighted by atomic mass is 16.3. The number of carbonyl (C=O) groups is 1. The van der Waals surface area contributed by atoms with Gasteiger partial charge in [0.2, 0.25) is 0 Å². The lowest BCUT2D eigenvalue weighted by atomic mass is 9.69. The fourth-order valence-electron chi connectivity index (χ4n) is 2.55. The van der Waals surface area contributed by atoms with E-state index in [0.717, 1.165) is 32.4 Å². The number of carbonyl (C=O) groups excluding carboxylic acids is 1. The van der Waals surface area contributed by atoms with Crippen LogP contribution in [0.1, 0.15) is 25.7 Å². The number of nitrogens with one attached hydrogen (secondary N) is 1. The molecule has 3 heteroatoms. The zero-order valence-electron chi connectivity index (χ0n) is 7.88. The van der Waals surface area contributed by atoms with Gasteiger partial charge in [-0.05, 0) is 31.7 Å². The zero-order chi connectivity index (χ0) is 9.31. The molecule has 0 aromatic heterocycles. The van der Waals surface area contributed by atoms with E-state index in [-0.39, 0.29) is 17.9 Å². The number of hydrogen-bond acceptors (Lipinski definition) is 3. The molecule has 0 amide bonds. The molecular weight excluding hydrogens is 166 g/mol. The molecule has 2 rings (SSSR count). The second-order valence-corrected chi connectivity index (χ2v) is 4.42. The maximum atomic E-state index is 11.8. The summed E-state index contributed by atoms with van der Waals surface area (Å²) in [6.07, 6.45) is 3.59. The Morgan fingerprint density at radius 3 is 2.92 bits per heavy atom. The number of hydrogen-bond donors (Lipinski definition) is 2. The Kier molecular flexibility index (Phi) is 2.39. The molecule has 1 aliphatic carbocycles. The van der Waals surface area contributed by atoms with E-state index in [1.165, 1.54) is 0 Å². The van der Waals surface area contributed by atoms with Crippen LogP contribution in [0.25, 0.3) is 0 Å². The van der Waals surface area contributed by atoms with Crippen molar-refractivity contribution >= 4 is 5.78 Å². The van der Waals surface area contributed by atoms with Crippen LogP contribution in [0.15, 0.2) is 0 Å². The van der Waals surface area contributed by atoms with Gasteiger partial charge in [-0.15, -0.1) is 0 Å². The Labute approximate surface area is 78.5 Å². The quantitative estimate of drug-likeness (QED) is 0.616. The van der Waals surface area contributed by atoms with E-state index in [0.29, 0.717) is 12.2 Å². The highest BCUT2D eigenvalue weighted by Gasteiger charge is 2.44. The van der Waals surface area contributed by atoms with E-state index in [2.05, 4.69) is 5.32 Å². The third-order valence-corrected chi connectivity index (χ3v) is 3.60. The van der Waals surface area contributed by atoms with E-state index in [1.807, 2.05) is 0 Å². The molecule has 2 fully saturated rings. The highest BCUT2D eigenvalue weighted by molar-refractivity contribution is 5.86. The summed E-state index contributed by atoms with van der Waals surface area (Å²) >= 11 is 0. The van der Waals surface area contributed by atoms with Crippen molar-refractivity contribution in [3.8, 4) is 0 Å². The van der Waals surface area contributed by atoms with Gasteiger partial charge in [-0.2, -0.15) is 0 Å². The number of aliphatic hydroxyl groups excluding tert-OH is 1. The van der Waals surface area contributed by atoms with Crippen LogP contribution in [-0.2, 0) is 4.79 Å². The number of rotatable bonds is 1. The van der Waals surface area contributed by atoms with E-state index in [4.69, 9.17) is 5.11 Å². The normalized spacial score (nSPS) is 40.1. The number of ketones is 1. The van der Waals surface area contributed by atoms with Gasteiger partial charge in [-0.1, -0.05) is 0 Å². The van der Waals surface area contributed by atoms with Gasteiger partial charge in [0.25, 0.3) is 0 Å². The lowest BCUT2D eigenvalue weighted by molar-refractivity contribution is -0.132. The Bertz CT molecular complexity index is 209. The molecule has 0 aromatic rings. The standard InChI is InChI=1S/C10H17NO2/c12-6-8-1-2-10(9(13)5-8)3-4-11-7-10/h8,11-12H,1-7H2. The summed E-state index contributed by atoms with van der Waals surface area (Å²) in [7, 11) is 0. The second-order valence-electron chi connectivity index (χ2n) is 4.42. The molecule has 0 aromatic carbocycles. The molecule has 2 N–H and O–H groups in total. The van der Waals surface area contributed by atoms with Gasteiger partial charge >= 0.3 is 0 Å². The maximum absolute atomic E-state index is 11.8. The minimum Gasteiger partial charge on any atom is -0.396 e. The SMILES string of the molecule is O=C1CC(CO)CCC12CCNC2. The average molecular weight is 183 g/mol. The Morgan fingerprint density at radius 2 is 2.38 bits per heavy atom. The van der Waals surface area contributed by atoms with Gasteiger partial charge in [-0.25, -0.2) is 0 Å². The van der Waals surface area contributed by atoms with E-state index < -0.39 is 0 Å². The van der Waals surface area contributed by atoms with E-state index in [1.54, 1.807) is 0 Å². The molecule has 1 spiro atoms. The summed E-state index contributed by atoms with van der Waals surface area (Å²) in [4.78, 5) is 11.8. The van der Waals surface area contributed by atoms with Gasteiger partial charge in [-0.3, -0.25) is 4.79 Å². The predicted molar refractivity (Wildman–Crippen MR) is 49.4 cm³/mol. The molecule has 3 nitrogen and oxygen atoms in total. The molecule has 2 unspecified atom stereocenters. The van der Waals surface area contributed by atoms with Crippen LogP contribution in [-0.4, -0.2) is 30.6 Å². The summed E-state index contributed by atoms with van der Waals surface area (Å²) in [6, 6.07) is 0. The third-order valence-electron chi connectivity index (χ3n) is 3.60. The monoisotopic (exact) mass is 183 g/mol. The molecule has 13 heavy (non-hydrogen) atoms. The first kappa shape index (κ1) is 9.16. The molecule has 1 saturated heterocycles. The van der Waals surface area contributed by atoms with Crippen molar-refractivity contribution in [3.05, 3.63) is 0 Å². The molecular formula is C10H17NO2. The maximum Gasteiger partial charge on any atom is 0.140 e. The first-order valence-corrected chi connectivity index (χ1v) is 5.12. The fraction of sp³-hybridized carbons (Fsp3) is 0.900. The summed E-state index contributed by atoms with van der Waals surface area (Å²) in [6.45, 7) is 2.02. The van der Waals surface area contributed by atoms with Crippen LogP contribution in [0.5, 0.6) is 0 Å². The first-order chi connectivity index (χ1) is 6.27. The van der Waals surface area contributed by atoms with Crippen molar-refractivity contribution in [2.45, 2.75) is 25.7 Å². The fourth-order valence-corrected chi connectivity index (χ4v) is 2.55. The van der Waals surface area contributed by atoms with E-state index >= 15 is 0 Å². The lowest BCUT2D eigenvalue weighted by Crippen LogP contribution is -2.39. The number of Topliss-reactive ketones (excluding diaryl/α,β-unsaturated/α-hetero) is 1. The molecule has 2 aliphatic rings. The average Bonchev–Trinajstić information content (AvgIpc) is 2.60. The molecule has 0 radical (unpaired) electrons. The second kappa shape index (κ2) is 3.39. The van der Waals surface area contributed by atoms with Crippen molar-refractivity contribution in [2.75, 3.05) is 19.7 Å². The van der Waals surface area contributed by atoms with Gasteiger partial charge in [0.1, 0.15) is 5.78 Å². The summed E-state index contributed by atoms with van der Waals surface area (Å²) in [5, 5.41) is 12.2. The van der Waals surface area contributed by atoms with Crippen LogP contribution < -0.4 is 5.32 Å². The Balaban J connectivity index is 2.04. The predicted octanol–water partition coefficient (Wildman–Crippen LogP) is 0.328. The third kappa shape index (κ3) is 1.51. The van der Waals surface area contributed by atoms with Crippen LogP contribution >= 0.6 is 0 Å². The van der Waals surface area contributed by atoms with Gasteiger partial charge in [0.15, 0.2) is 0 Å². The Morgan fingerprint density at radius 1 is 1.54 bits per heavy atom. The number of aliphatic hydroxyl groups is 1. The van der Waals surface area contributed by atoms with Crippen molar-refractivity contribution in [1.82, 2.24) is 5.32 Å². The summed E-state index contributed by atoms with van der Waals surface area (Å²) in [5.41, 5.74) is -0.0499. The van der Waals surface area contributed by atoms with Gasteiger partial charge in [0.05, 0.1) is 0 Å². The van der Waals surface area contributed by atoms with Crippen LogP contribution in [0, 0.1) is 11.3 Å². The highest BCUT2D eigenvalue weighted by Crippen LogP contribution is 2.40. The van der Waals surface area contributed by atoms with Crippen LogP contribution in [0.3, 0.4) is 0 Å². The van der Waals surface area contributed by atoms with E-state index in [9.17, 15) is 4.79 Å². The molecule has 1 heterocycles. The molecule has 2 atom stereocenters. The minimum atomic E-state index is -0.0499. The minimum absolute atomic E-state index is 0.0499. The lowest BCUT2D eigenvalue weighted by Gasteiger charge is -2.34.